The van der Waals surface area contributed by atoms with Crippen LogP contribution in [0.15, 0.2) is 24.3 Å². The molecule has 0 spiro atoms. The highest BCUT2D eigenvalue weighted by atomic mass is 16.2. The predicted molar refractivity (Wildman–Crippen MR) is 62.6 cm³/mol. The maximum absolute atomic E-state index is 11.0. The summed E-state index contributed by atoms with van der Waals surface area (Å²) in [6.07, 6.45) is 0.788. The highest BCUT2D eigenvalue weighted by molar-refractivity contribution is 5.80. The first-order chi connectivity index (χ1) is 7.58. The first-order valence-corrected chi connectivity index (χ1v) is 5.41. The van der Waals surface area contributed by atoms with Gasteiger partial charge < -0.3 is 5.73 Å². The third-order valence-electron chi connectivity index (χ3n) is 3.07. The Morgan fingerprint density at radius 1 is 1.44 bits per heavy atom. The summed E-state index contributed by atoms with van der Waals surface area (Å²) in [5, 5.41) is 3.14. The average molecular weight is 219 g/mol. The molecule has 3 N–H and O–H groups in total. The van der Waals surface area contributed by atoms with Gasteiger partial charge in [0, 0.05) is 6.42 Å². The van der Waals surface area contributed by atoms with E-state index in [0.717, 1.165) is 6.42 Å². The minimum atomic E-state index is -0.317. The number of rotatable bonds is 3. The smallest absolute Gasteiger partial charge is 0.249 e. The van der Waals surface area contributed by atoms with Gasteiger partial charge in [-0.05, 0) is 19.5 Å². The van der Waals surface area contributed by atoms with Gasteiger partial charge in [-0.3, -0.25) is 15.0 Å². The number of carbonyl (C=O) groups is 1. The van der Waals surface area contributed by atoms with Crippen LogP contribution in [0.25, 0.3) is 0 Å². The summed E-state index contributed by atoms with van der Waals surface area (Å²) >= 11 is 0. The van der Waals surface area contributed by atoms with Crippen LogP contribution in [0, 0.1) is 6.92 Å². The molecule has 86 valence electrons. The standard InChI is InChI=1S/C12H17N3O/c1-8-3-5-9(6-4-8)7-10-14-12(11(13)16)15(10)2/h3-6,10,12,14H,7H2,1-2H3,(H2,13,16). The van der Waals surface area contributed by atoms with Crippen molar-refractivity contribution in [1.82, 2.24) is 10.2 Å². The summed E-state index contributed by atoms with van der Waals surface area (Å²) in [6.45, 7) is 2.07. The molecule has 4 nitrogen and oxygen atoms in total. The highest BCUT2D eigenvalue weighted by Gasteiger charge is 2.37. The molecule has 16 heavy (non-hydrogen) atoms. The molecule has 1 aromatic rings. The van der Waals surface area contributed by atoms with Gasteiger partial charge in [0.05, 0.1) is 6.17 Å². The number of carbonyl (C=O) groups excluding carboxylic acids is 1. The zero-order valence-corrected chi connectivity index (χ0v) is 9.60. The maximum Gasteiger partial charge on any atom is 0.249 e. The Morgan fingerprint density at radius 2 is 2.06 bits per heavy atom. The van der Waals surface area contributed by atoms with Crippen LogP contribution in [0.2, 0.25) is 0 Å². The van der Waals surface area contributed by atoms with Gasteiger partial charge in [0.25, 0.3) is 0 Å². The van der Waals surface area contributed by atoms with E-state index in [0.29, 0.717) is 0 Å². The Hall–Kier alpha value is -1.39. The normalized spacial score (nSPS) is 25.1. The second-order valence-electron chi connectivity index (χ2n) is 4.34. The van der Waals surface area contributed by atoms with Crippen LogP contribution in [-0.4, -0.2) is 30.2 Å². The third kappa shape index (κ3) is 2.08. The number of amides is 1. The van der Waals surface area contributed by atoms with Crippen LogP contribution >= 0.6 is 0 Å². The number of likely N-dealkylation sites (N-methyl/N-ethyl adjacent to an activating group) is 1. The van der Waals surface area contributed by atoms with Gasteiger partial charge in [0.2, 0.25) is 5.91 Å². The molecule has 0 saturated carbocycles. The molecule has 1 aromatic carbocycles. The van der Waals surface area contributed by atoms with E-state index < -0.39 is 0 Å². The number of nitrogens with two attached hydrogens (primary N) is 1. The number of nitrogens with zero attached hydrogens (tertiary/aromatic N) is 1. The summed E-state index contributed by atoms with van der Waals surface area (Å²) in [5.41, 5.74) is 7.74. The molecule has 1 aliphatic rings. The molecule has 1 aliphatic heterocycles. The molecule has 1 saturated heterocycles. The fourth-order valence-corrected chi connectivity index (χ4v) is 1.95. The molecule has 0 aliphatic carbocycles. The summed E-state index contributed by atoms with van der Waals surface area (Å²) in [6, 6.07) is 8.42. The van der Waals surface area contributed by atoms with Crippen molar-refractivity contribution < 1.29 is 4.79 Å². The molecule has 0 aromatic heterocycles. The van der Waals surface area contributed by atoms with Crippen LogP contribution in [-0.2, 0) is 11.2 Å². The van der Waals surface area contributed by atoms with Crippen molar-refractivity contribution in [2.24, 2.45) is 5.73 Å². The molecule has 0 bridgehead atoms. The Morgan fingerprint density at radius 3 is 2.56 bits per heavy atom. The third-order valence-corrected chi connectivity index (χ3v) is 3.07. The van der Waals surface area contributed by atoms with Gasteiger partial charge in [0.15, 0.2) is 0 Å². The van der Waals surface area contributed by atoms with Crippen molar-refractivity contribution in [3.05, 3.63) is 35.4 Å². The Balaban J connectivity index is 1.93. The average Bonchev–Trinajstić information content (AvgIpc) is 2.25. The Labute approximate surface area is 95.4 Å². The zero-order chi connectivity index (χ0) is 11.7. The lowest BCUT2D eigenvalue weighted by Gasteiger charge is -2.45. The quantitative estimate of drug-likeness (QED) is 0.764. The topological polar surface area (TPSA) is 58.4 Å². The number of hydrogen-bond donors (Lipinski definition) is 2. The first kappa shape index (κ1) is 11.1. The van der Waals surface area contributed by atoms with Gasteiger partial charge in [0.1, 0.15) is 6.17 Å². The molecule has 1 amide bonds. The molecule has 2 unspecified atom stereocenters. The molecular formula is C12H17N3O. The lowest BCUT2D eigenvalue weighted by Crippen LogP contribution is -2.72. The molecule has 4 heteroatoms. The van der Waals surface area contributed by atoms with Crippen LogP contribution < -0.4 is 11.1 Å². The van der Waals surface area contributed by atoms with Crippen LogP contribution in [0.5, 0.6) is 0 Å². The van der Waals surface area contributed by atoms with Gasteiger partial charge in [-0.15, -0.1) is 0 Å². The molecule has 1 fully saturated rings. The molecule has 0 radical (unpaired) electrons. The van der Waals surface area contributed by atoms with Crippen molar-refractivity contribution in [1.29, 1.82) is 0 Å². The van der Waals surface area contributed by atoms with E-state index in [9.17, 15) is 4.79 Å². The molecule has 1 heterocycles. The van der Waals surface area contributed by atoms with Gasteiger partial charge in [-0.2, -0.15) is 0 Å². The second-order valence-corrected chi connectivity index (χ2v) is 4.34. The number of primary amides is 1. The van der Waals surface area contributed by atoms with Crippen LogP contribution in [0.3, 0.4) is 0 Å². The van der Waals surface area contributed by atoms with Crippen molar-refractivity contribution >= 4 is 5.91 Å². The van der Waals surface area contributed by atoms with Crippen LogP contribution in [0.4, 0.5) is 0 Å². The number of aryl methyl sites for hydroxylation is 1. The Kier molecular flexibility index (Phi) is 2.94. The molecule has 2 atom stereocenters. The lowest BCUT2D eigenvalue weighted by atomic mass is 10.0. The van der Waals surface area contributed by atoms with Crippen molar-refractivity contribution in [2.45, 2.75) is 25.7 Å². The summed E-state index contributed by atoms with van der Waals surface area (Å²) < 4.78 is 0. The first-order valence-electron chi connectivity index (χ1n) is 5.41. The highest BCUT2D eigenvalue weighted by Crippen LogP contribution is 2.16. The van der Waals surface area contributed by atoms with E-state index in [-0.39, 0.29) is 18.2 Å². The van der Waals surface area contributed by atoms with Crippen molar-refractivity contribution in [2.75, 3.05) is 7.05 Å². The summed E-state index contributed by atoms with van der Waals surface area (Å²) in [4.78, 5) is 12.9. The maximum atomic E-state index is 11.0. The van der Waals surface area contributed by atoms with E-state index in [2.05, 4.69) is 36.5 Å². The van der Waals surface area contributed by atoms with Gasteiger partial charge >= 0.3 is 0 Å². The van der Waals surface area contributed by atoms with E-state index in [1.807, 2.05) is 11.9 Å². The van der Waals surface area contributed by atoms with Gasteiger partial charge in [-0.25, -0.2) is 0 Å². The predicted octanol–water partition coefficient (Wildman–Crippen LogP) is 0.210. The minimum Gasteiger partial charge on any atom is -0.367 e. The summed E-state index contributed by atoms with van der Waals surface area (Å²) in [7, 11) is 1.91. The monoisotopic (exact) mass is 219 g/mol. The van der Waals surface area contributed by atoms with Gasteiger partial charge in [-0.1, -0.05) is 29.8 Å². The lowest BCUT2D eigenvalue weighted by molar-refractivity contribution is -0.133. The van der Waals surface area contributed by atoms with Crippen LogP contribution in [0.1, 0.15) is 11.1 Å². The largest absolute Gasteiger partial charge is 0.367 e. The minimum absolute atomic E-state index is 0.209. The van der Waals surface area contributed by atoms with E-state index in [4.69, 9.17) is 5.73 Å². The second kappa shape index (κ2) is 4.23. The number of hydrogen-bond acceptors (Lipinski definition) is 3. The fraction of sp³-hybridized carbons (Fsp3) is 0.417. The number of benzene rings is 1. The molecular weight excluding hydrogens is 202 g/mol. The van der Waals surface area contributed by atoms with E-state index in [1.165, 1.54) is 11.1 Å². The van der Waals surface area contributed by atoms with Crippen molar-refractivity contribution in [3.8, 4) is 0 Å². The van der Waals surface area contributed by atoms with E-state index in [1.54, 1.807) is 0 Å². The van der Waals surface area contributed by atoms with E-state index >= 15 is 0 Å². The van der Waals surface area contributed by atoms with Crippen molar-refractivity contribution in [3.63, 3.8) is 0 Å². The molecule has 2 rings (SSSR count). The number of nitrogens with one attached hydrogen (secondary N) is 1. The zero-order valence-electron chi connectivity index (χ0n) is 9.60. The SMILES string of the molecule is Cc1ccc(CC2NC(C(N)=O)N2C)cc1. The summed E-state index contributed by atoms with van der Waals surface area (Å²) in [5.74, 6) is -0.317. The Bertz CT molecular complexity index is 388. The fourth-order valence-electron chi connectivity index (χ4n) is 1.95.